The second-order valence-corrected chi connectivity index (χ2v) is 3.61. The molecule has 1 fully saturated rings. The Balaban J connectivity index is 2.40. The van der Waals surface area contributed by atoms with Gasteiger partial charge in [-0.1, -0.05) is 6.92 Å². The molecule has 1 heterocycles. The lowest BCUT2D eigenvalue weighted by atomic mass is 9.95. The number of hydrogen-bond acceptors (Lipinski definition) is 3. The average molecular weight is 199 g/mol. The van der Waals surface area contributed by atoms with Gasteiger partial charge in [-0.2, -0.15) is 0 Å². The van der Waals surface area contributed by atoms with Gasteiger partial charge >= 0.3 is 0 Å². The van der Waals surface area contributed by atoms with Crippen molar-refractivity contribution in [1.29, 1.82) is 0 Å². The van der Waals surface area contributed by atoms with Crippen LogP contribution in [-0.4, -0.2) is 30.9 Å². The summed E-state index contributed by atoms with van der Waals surface area (Å²) in [5, 5.41) is 5.92. The molecule has 5 heteroatoms. The molecule has 0 aromatic rings. The SMILES string of the molecule is CCC(=O)N[C@H]1CNC[C@@H](C(N)=O)C1. The Bertz CT molecular complexity index is 230. The van der Waals surface area contributed by atoms with Gasteiger partial charge in [-0.15, -0.1) is 0 Å². The zero-order chi connectivity index (χ0) is 10.6. The summed E-state index contributed by atoms with van der Waals surface area (Å²) < 4.78 is 0. The van der Waals surface area contributed by atoms with E-state index in [9.17, 15) is 9.59 Å². The van der Waals surface area contributed by atoms with Crippen molar-refractivity contribution in [2.45, 2.75) is 25.8 Å². The first kappa shape index (κ1) is 11.0. The second kappa shape index (κ2) is 4.95. The van der Waals surface area contributed by atoms with Crippen LogP contribution in [0.1, 0.15) is 19.8 Å². The van der Waals surface area contributed by atoms with Gasteiger partial charge in [-0.05, 0) is 6.42 Å². The average Bonchev–Trinajstić information content (AvgIpc) is 2.18. The van der Waals surface area contributed by atoms with Crippen molar-refractivity contribution in [3.63, 3.8) is 0 Å². The first-order valence-corrected chi connectivity index (χ1v) is 4.93. The van der Waals surface area contributed by atoms with E-state index >= 15 is 0 Å². The van der Waals surface area contributed by atoms with Crippen LogP contribution in [0.3, 0.4) is 0 Å². The molecule has 0 aromatic carbocycles. The Morgan fingerprint density at radius 2 is 2.21 bits per heavy atom. The fraction of sp³-hybridized carbons (Fsp3) is 0.778. The molecule has 4 N–H and O–H groups in total. The summed E-state index contributed by atoms with van der Waals surface area (Å²) in [6.45, 7) is 3.14. The third-order valence-electron chi connectivity index (χ3n) is 2.44. The standard InChI is InChI=1S/C9H17N3O2/c1-2-8(13)12-7-3-6(9(10)14)4-11-5-7/h6-7,11H,2-5H2,1H3,(H2,10,14)(H,12,13)/t6-,7+/m0/s1. The van der Waals surface area contributed by atoms with Gasteiger partial charge in [0.15, 0.2) is 0 Å². The molecule has 0 radical (unpaired) electrons. The maximum absolute atomic E-state index is 11.1. The third-order valence-corrected chi connectivity index (χ3v) is 2.44. The lowest BCUT2D eigenvalue weighted by molar-refractivity contribution is -0.125. The first-order valence-electron chi connectivity index (χ1n) is 4.93. The van der Waals surface area contributed by atoms with E-state index in [0.717, 1.165) is 6.54 Å². The van der Waals surface area contributed by atoms with E-state index in [1.54, 1.807) is 6.92 Å². The number of primary amides is 1. The van der Waals surface area contributed by atoms with E-state index in [4.69, 9.17) is 5.73 Å². The Morgan fingerprint density at radius 1 is 1.50 bits per heavy atom. The Hall–Kier alpha value is -1.10. The summed E-state index contributed by atoms with van der Waals surface area (Å²) in [5.74, 6) is -0.444. The summed E-state index contributed by atoms with van der Waals surface area (Å²) in [4.78, 5) is 22.0. The molecule has 0 aromatic heterocycles. The number of rotatable bonds is 3. The Labute approximate surface area is 83.4 Å². The van der Waals surface area contributed by atoms with Crippen LogP contribution in [0.4, 0.5) is 0 Å². The second-order valence-electron chi connectivity index (χ2n) is 3.61. The minimum absolute atomic E-state index is 0.0157. The van der Waals surface area contributed by atoms with Crippen LogP contribution in [0.2, 0.25) is 0 Å². The Morgan fingerprint density at radius 3 is 2.79 bits per heavy atom. The molecule has 14 heavy (non-hydrogen) atoms. The molecule has 0 aliphatic carbocycles. The van der Waals surface area contributed by atoms with E-state index in [0.29, 0.717) is 19.4 Å². The number of carbonyl (C=O) groups is 2. The molecule has 0 saturated carbocycles. The van der Waals surface area contributed by atoms with Crippen LogP contribution in [0.5, 0.6) is 0 Å². The van der Waals surface area contributed by atoms with Crippen LogP contribution < -0.4 is 16.4 Å². The molecule has 2 atom stereocenters. The van der Waals surface area contributed by atoms with Crippen molar-refractivity contribution in [2.24, 2.45) is 11.7 Å². The number of amides is 2. The summed E-state index contributed by atoms with van der Waals surface area (Å²) in [6.07, 6.45) is 1.12. The molecule has 80 valence electrons. The maximum Gasteiger partial charge on any atom is 0.221 e. The number of hydrogen-bond donors (Lipinski definition) is 3. The van der Waals surface area contributed by atoms with Gasteiger partial charge in [0.1, 0.15) is 0 Å². The zero-order valence-corrected chi connectivity index (χ0v) is 8.38. The fourth-order valence-electron chi connectivity index (χ4n) is 1.60. The summed E-state index contributed by atoms with van der Waals surface area (Å²) in [6, 6.07) is 0.0358. The monoisotopic (exact) mass is 199 g/mol. The minimum Gasteiger partial charge on any atom is -0.369 e. The molecule has 1 rings (SSSR count). The van der Waals surface area contributed by atoms with Crippen molar-refractivity contribution in [3.8, 4) is 0 Å². The third kappa shape index (κ3) is 2.99. The number of nitrogens with one attached hydrogen (secondary N) is 2. The van der Waals surface area contributed by atoms with E-state index in [2.05, 4.69) is 10.6 Å². The predicted octanol–water partition coefficient (Wildman–Crippen LogP) is -1.02. The number of piperidine rings is 1. The number of carbonyl (C=O) groups excluding carboxylic acids is 2. The van der Waals surface area contributed by atoms with Crippen molar-refractivity contribution in [1.82, 2.24) is 10.6 Å². The highest BCUT2D eigenvalue weighted by Gasteiger charge is 2.25. The molecular weight excluding hydrogens is 182 g/mol. The van der Waals surface area contributed by atoms with Crippen molar-refractivity contribution < 1.29 is 9.59 Å². The van der Waals surface area contributed by atoms with Gasteiger partial charge in [-0.3, -0.25) is 9.59 Å². The molecule has 0 bridgehead atoms. The molecule has 1 aliphatic rings. The van der Waals surface area contributed by atoms with Crippen LogP contribution in [0.25, 0.3) is 0 Å². The summed E-state index contributed by atoms with van der Waals surface area (Å²) in [7, 11) is 0. The van der Waals surface area contributed by atoms with Gasteiger partial charge < -0.3 is 16.4 Å². The normalized spacial score (nSPS) is 26.9. The topological polar surface area (TPSA) is 84.2 Å². The van der Waals surface area contributed by atoms with E-state index in [-0.39, 0.29) is 23.8 Å². The van der Waals surface area contributed by atoms with Gasteiger partial charge in [0.2, 0.25) is 11.8 Å². The smallest absolute Gasteiger partial charge is 0.221 e. The van der Waals surface area contributed by atoms with Gasteiger partial charge in [0.25, 0.3) is 0 Å². The van der Waals surface area contributed by atoms with Crippen LogP contribution >= 0.6 is 0 Å². The Kier molecular flexibility index (Phi) is 3.88. The molecule has 1 aliphatic heterocycles. The minimum atomic E-state index is -0.298. The highest BCUT2D eigenvalue weighted by Crippen LogP contribution is 2.09. The first-order chi connectivity index (χ1) is 6.63. The molecule has 2 amide bonds. The summed E-state index contributed by atoms with van der Waals surface area (Å²) in [5.41, 5.74) is 5.20. The molecule has 1 saturated heterocycles. The van der Waals surface area contributed by atoms with Gasteiger partial charge in [0, 0.05) is 25.6 Å². The molecular formula is C9H17N3O2. The number of nitrogens with two attached hydrogens (primary N) is 1. The highest BCUT2D eigenvalue weighted by molar-refractivity contribution is 5.78. The quantitative estimate of drug-likeness (QED) is 0.543. The summed E-state index contributed by atoms with van der Waals surface area (Å²) >= 11 is 0. The van der Waals surface area contributed by atoms with E-state index in [1.165, 1.54) is 0 Å². The lowest BCUT2D eigenvalue weighted by Gasteiger charge is -2.28. The molecule has 5 nitrogen and oxygen atoms in total. The predicted molar refractivity (Wildman–Crippen MR) is 52.4 cm³/mol. The fourth-order valence-corrected chi connectivity index (χ4v) is 1.60. The van der Waals surface area contributed by atoms with Crippen molar-refractivity contribution >= 4 is 11.8 Å². The van der Waals surface area contributed by atoms with Crippen molar-refractivity contribution in [3.05, 3.63) is 0 Å². The molecule has 0 unspecified atom stereocenters. The highest BCUT2D eigenvalue weighted by atomic mass is 16.2. The van der Waals surface area contributed by atoms with E-state index in [1.807, 2.05) is 0 Å². The van der Waals surface area contributed by atoms with E-state index < -0.39 is 0 Å². The maximum atomic E-state index is 11.1. The molecule has 0 spiro atoms. The van der Waals surface area contributed by atoms with Gasteiger partial charge in [-0.25, -0.2) is 0 Å². The zero-order valence-electron chi connectivity index (χ0n) is 8.38. The lowest BCUT2D eigenvalue weighted by Crippen LogP contribution is -2.51. The van der Waals surface area contributed by atoms with Crippen LogP contribution in [0, 0.1) is 5.92 Å². The van der Waals surface area contributed by atoms with Crippen LogP contribution in [-0.2, 0) is 9.59 Å². The van der Waals surface area contributed by atoms with Crippen molar-refractivity contribution in [2.75, 3.05) is 13.1 Å². The van der Waals surface area contributed by atoms with Crippen LogP contribution in [0.15, 0.2) is 0 Å². The largest absolute Gasteiger partial charge is 0.369 e. The van der Waals surface area contributed by atoms with Gasteiger partial charge in [0.05, 0.1) is 5.92 Å².